The van der Waals surface area contributed by atoms with E-state index in [1.165, 1.54) is 11.3 Å². The van der Waals surface area contributed by atoms with Gasteiger partial charge in [0.25, 0.3) is 0 Å². The highest BCUT2D eigenvalue weighted by Gasteiger charge is 2.71. The molecule has 1 N–H and O–H groups in total. The Balaban J connectivity index is 1.39. The van der Waals surface area contributed by atoms with Gasteiger partial charge in [-0.15, -0.1) is 0 Å². The Bertz CT molecular complexity index is 1350. The van der Waals surface area contributed by atoms with Crippen molar-refractivity contribution in [2.24, 2.45) is 11.8 Å². The van der Waals surface area contributed by atoms with Crippen molar-refractivity contribution >= 4 is 23.5 Å². The van der Waals surface area contributed by atoms with E-state index >= 15 is 0 Å². The van der Waals surface area contributed by atoms with Gasteiger partial charge in [0, 0.05) is 5.92 Å². The van der Waals surface area contributed by atoms with Gasteiger partial charge in [0.05, 0.1) is 24.1 Å². The van der Waals surface area contributed by atoms with E-state index in [0.717, 1.165) is 30.4 Å². The Hall–Kier alpha value is -3.93. The van der Waals surface area contributed by atoms with Crippen LogP contribution in [0.15, 0.2) is 72.8 Å². The molecule has 1 saturated heterocycles. The third-order valence-electron chi connectivity index (χ3n) is 8.32. The van der Waals surface area contributed by atoms with Gasteiger partial charge in [0.2, 0.25) is 11.8 Å². The Morgan fingerprint density at radius 2 is 1.49 bits per heavy atom. The van der Waals surface area contributed by atoms with Crippen LogP contribution in [-0.2, 0) is 19.8 Å². The van der Waals surface area contributed by atoms with E-state index in [1.54, 1.807) is 36.4 Å². The van der Waals surface area contributed by atoms with E-state index < -0.39 is 29.1 Å². The van der Waals surface area contributed by atoms with Crippen LogP contribution in [0.2, 0.25) is 0 Å². The number of carbonyl (C=O) groups excluding carboxylic acids is 2. The molecule has 2 atom stereocenters. The lowest BCUT2D eigenvalue weighted by atomic mass is 9.47. The smallest absolute Gasteiger partial charge is 0.319 e. The third-order valence-corrected chi connectivity index (χ3v) is 8.32. The molecular formula is C31H29NO5. The normalized spacial score (nSPS) is 25.0. The number of carbonyl (C=O) groups is 3. The summed E-state index contributed by atoms with van der Waals surface area (Å²) in [4.78, 5) is 42.4. The number of carboxylic acid groups (broad SMARTS) is 1. The molecule has 3 aromatic rings. The average Bonchev–Trinajstić information content (AvgIpc) is 3.19. The summed E-state index contributed by atoms with van der Waals surface area (Å²) in [6, 6.07) is 21.7. The maximum Gasteiger partial charge on any atom is 0.319 e. The van der Waals surface area contributed by atoms with Crippen molar-refractivity contribution in [1.29, 1.82) is 0 Å². The molecule has 0 spiro atoms. The minimum Gasteiger partial charge on any atom is -0.494 e. The van der Waals surface area contributed by atoms with E-state index in [4.69, 9.17) is 4.74 Å². The van der Waals surface area contributed by atoms with Gasteiger partial charge < -0.3 is 9.84 Å². The minimum atomic E-state index is -1.62. The third kappa shape index (κ3) is 3.21. The summed E-state index contributed by atoms with van der Waals surface area (Å²) < 4.78 is 5.83. The fourth-order valence-electron chi connectivity index (χ4n) is 6.80. The molecule has 1 aliphatic heterocycles. The van der Waals surface area contributed by atoms with Gasteiger partial charge in [0.15, 0.2) is 0 Å². The van der Waals surface area contributed by atoms with E-state index in [1.807, 2.05) is 36.4 Å². The fraction of sp³-hybridized carbons (Fsp3) is 0.323. The predicted octanol–water partition coefficient (Wildman–Crippen LogP) is 5.28. The second-order valence-corrected chi connectivity index (χ2v) is 10.2. The number of nitrogens with zero attached hydrogens (tertiary/aromatic N) is 1. The number of carboxylic acids is 1. The molecule has 37 heavy (non-hydrogen) atoms. The van der Waals surface area contributed by atoms with Crippen LogP contribution in [0.3, 0.4) is 0 Å². The zero-order valence-corrected chi connectivity index (χ0v) is 20.7. The molecule has 7 rings (SSSR count). The molecule has 2 amide bonds. The van der Waals surface area contributed by atoms with Crippen molar-refractivity contribution < 1.29 is 24.2 Å². The van der Waals surface area contributed by atoms with Gasteiger partial charge in [0.1, 0.15) is 11.2 Å². The molecule has 6 heteroatoms. The summed E-state index contributed by atoms with van der Waals surface area (Å²) in [6.07, 6.45) is 4.43. The molecule has 0 radical (unpaired) electrons. The van der Waals surface area contributed by atoms with Crippen molar-refractivity contribution in [2.75, 3.05) is 11.5 Å². The highest BCUT2D eigenvalue weighted by Crippen LogP contribution is 2.64. The number of anilines is 1. The maximum absolute atomic E-state index is 14.0. The largest absolute Gasteiger partial charge is 0.494 e. The molecule has 2 bridgehead atoms. The molecule has 0 aromatic heterocycles. The Kier molecular flexibility index (Phi) is 5.63. The Morgan fingerprint density at radius 3 is 2.08 bits per heavy atom. The van der Waals surface area contributed by atoms with Crippen LogP contribution in [0.4, 0.5) is 5.69 Å². The summed E-state index contributed by atoms with van der Waals surface area (Å²) in [5, 5.41) is 10.8. The van der Waals surface area contributed by atoms with Crippen LogP contribution >= 0.6 is 0 Å². The first-order chi connectivity index (χ1) is 18.0. The highest BCUT2D eigenvalue weighted by atomic mass is 16.5. The first-order valence-electron chi connectivity index (χ1n) is 13.0. The second-order valence-electron chi connectivity index (χ2n) is 10.2. The number of benzene rings is 3. The van der Waals surface area contributed by atoms with E-state index in [-0.39, 0.29) is 11.8 Å². The minimum absolute atomic E-state index is 0.345. The molecule has 1 fully saturated rings. The van der Waals surface area contributed by atoms with Gasteiger partial charge >= 0.3 is 5.97 Å². The summed E-state index contributed by atoms with van der Waals surface area (Å²) in [5.41, 5.74) is 1.69. The number of ether oxygens (including phenoxy) is 1. The SMILES string of the molecule is CCCCCCOc1ccc(N2C(=O)[C@H]3C4c5ccccc5C(C(=O)O)(c5ccccc54)[C@H]3C2=O)cc1. The predicted molar refractivity (Wildman–Crippen MR) is 139 cm³/mol. The van der Waals surface area contributed by atoms with Crippen molar-refractivity contribution in [3.05, 3.63) is 95.1 Å². The number of unbranched alkanes of at least 4 members (excludes halogenated alkanes) is 3. The molecule has 3 aliphatic carbocycles. The summed E-state index contributed by atoms with van der Waals surface area (Å²) in [6.45, 7) is 2.78. The summed E-state index contributed by atoms with van der Waals surface area (Å²) >= 11 is 0. The quantitative estimate of drug-likeness (QED) is 0.340. The molecule has 3 aromatic carbocycles. The highest BCUT2D eigenvalue weighted by molar-refractivity contribution is 6.25. The maximum atomic E-state index is 14.0. The van der Waals surface area contributed by atoms with Crippen molar-refractivity contribution in [1.82, 2.24) is 0 Å². The zero-order valence-electron chi connectivity index (χ0n) is 20.7. The van der Waals surface area contributed by atoms with Crippen molar-refractivity contribution in [2.45, 2.75) is 43.9 Å². The summed E-state index contributed by atoms with van der Waals surface area (Å²) in [7, 11) is 0. The van der Waals surface area contributed by atoms with Crippen LogP contribution in [0.1, 0.15) is 60.8 Å². The zero-order chi connectivity index (χ0) is 25.7. The number of hydrogen-bond donors (Lipinski definition) is 1. The first kappa shape index (κ1) is 23.5. The van der Waals surface area contributed by atoms with Gasteiger partial charge in [-0.1, -0.05) is 74.7 Å². The molecule has 4 aliphatic rings. The lowest BCUT2D eigenvalue weighted by Crippen LogP contribution is -2.57. The molecule has 0 saturated carbocycles. The van der Waals surface area contributed by atoms with Crippen LogP contribution in [0.25, 0.3) is 0 Å². The van der Waals surface area contributed by atoms with Crippen LogP contribution in [0.5, 0.6) is 5.75 Å². The Morgan fingerprint density at radius 1 is 0.865 bits per heavy atom. The average molecular weight is 496 g/mol. The van der Waals surface area contributed by atoms with Crippen LogP contribution in [0, 0.1) is 11.8 Å². The van der Waals surface area contributed by atoms with Gasteiger partial charge in [-0.2, -0.15) is 0 Å². The second kappa shape index (κ2) is 8.87. The molecule has 0 unspecified atom stereocenters. The Labute approximate surface area is 215 Å². The molecular weight excluding hydrogens is 466 g/mol. The number of rotatable bonds is 8. The van der Waals surface area contributed by atoms with Crippen molar-refractivity contribution in [3.8, 4) is 5.75 Å². The van der Waals surface area contributed by atoms with Crippen molar-refractivity contribution in [3.63, 3.8) is 0 Å². The van der Waals surface area contributed by atoms with E-state index in [2.05, 4.69) is 6.92 Å². The fourth-order valence-corrected chi connectivity index (χ4v) is 6.80. The summed E-state index contributed by atoms with van der Waals surface area (Å²) in [5.74, 6) is -3.38. The number of imide groups is 1. The molecule has 6 nitrogen and oxygen atoms in total. The topological polar surface area (TPSA) is 83.9 Å². The number of hydrogen-bond acceptors (Lipinski definition) is 4. The van der Waals surface area contributed by atoms with Crippen LogP contribution < -0.4 is 9.64 Å². The van der Waals surface area contributed by atoms with Gasteiger partial charge in [-0.05, 0) is 52.9 Å². The number of aliphatic carboxylic acids is 1. The van der Waals surface area contributed by atoms with Gasteiger partial charge in [-0.3, -0.25) is 14.4 Å². The lowest BCUT2D eigenvalue weighted by Gasteiger charge is -2.51. The lowest BCUT2D eigenvalue weighted by molar-refractivity contribution is -0.149. The first-order valence-corrected chi connectivity index (χ1v) is 13.0. The number of amides is 2. The van der Waals surface area contributed by atoms with E-state index in [0.29, 0.717) is 29.2 Å². The van der Waals surface area contributed by atoms with Crippen LogP contribution in [-0.4, -0.2) is 29.5 Å². The van der Waals surface area contributed by atoms with E-state index in [9.17, 15) is 19.5 Å². The van der Waals surface area contributed by atoms with Gasteiger partial charge in [-0.25, -0.2) is 4.90 Å². The monoisotopic (exact) mass is 495 g/mol. The molecule has 1 heterocycles. The molecule has 188 valence electrons. The standard InChI is InChI=1S/C31H29NO5/c1-2-3-4-9-18-37-20-16-14-19(15-17-20)32-28(33)26-25-21-10-5-7-12-23(21)31(30(35)36,27(26)29(32)34)24-13-8-6-11-22(24)25/h5-8,10-17,25-27H,2-4,9,18H2,1H3,(H,35,36)/t25?,26-,27+,31?/m0/s1.